The molecule has 3 heterocycles. The van der Waals surface area contributed by atoms with Crippen LogP contribution in [0.4, 0.5) is 28.4 Å². The zero-order valence-corrected chi connectivity index (χ0v) is 21.5. The van der Waals surface area contributed by atoms with E-state index in [-0.39, 0.29) is 35.0 Å². The number of piperidine rings is 1. The molecule has 2 N–H and O–H groups in total. The van der Waals surface area contributed by atoms with E-state index in [2.05, 4.69) is 25.8 Å². The standard InChI is InChI=1S/C25H21ClF4N6OS/c1-13(37)36-11-17(31-21-10-22(25(28,29)30)33-20-7-4-15(26)8-19(20)21)9-18(12-36)32-24-35-34-23(38-24)14-2-5-16(27)6-3-14/h2-8,10,17-18H,9,11-12H2,1H3,(H,31,33)(H,32,35)/t17-,18+/m1/s1. The van der Waals surface area contributed by atoms with Crippen molar-refractivity contribution in [2.24, 2.45) is 0 Å². The van der Waals surface area contributed by atoms with Crippen LogP contribution in [0.2, 0.25) is 5.02 Å². The maximum atomic E-state index is 13.6. The van der Waals surface area contributed by atoms with Gasteiger partial charge in [0, 0.05) is 53.8 Å². The highest BCUT2D eigenvalue weighted by Crippen LogP contribution is 2.35. The Morgan fingerprint density at radius 1 is 1.05 bits per heavy atom. The maximum absolute atomic E-state index is 13.6. The number of pyridine rings is 1. The fraction of sp³-hybridized carbons (Fsp3) is 0.280. The van der Waals surface area contributed by atoms with Crippen molar-refractivity contribution in [3.05, 3.63) is 65.1 Å². The number of halogens is 5. The molecule has 0 saturated carbocycles. The quantitative estimate of drug-likeness (QED) is 0.286. The van der Waals surface area contributed by atoms with Crippen molar-refractivity contribution in [3.63, 3.8) is 0 Å². The van der Waals surface area contributed by atoms with Crippen molar-refractivity contribution in [3.8, 4) is 10.6 Å². The van der Waals surface area contributed by atoms with Crippen molar-refractivity contribution < 1.29 is 22.4 Å². The minimum absolute atomic E-state index is 0.155. The Morgan fingerprint density at radius 3 is 2.45 bits per heavy atom. The summed E-state index contributed by atoms with van der Waals surface area (Å²) in [4.78, 5) is 17.7. The molecule has 1 saturated heterocycles. The van der Waals surface area contributed by atoms with Crippen molar-refractivity contribution in [1.29, 1.82) is 0 Å². The first kappa shape index (κ1) is 26.1. The van der Waals surface area contributed by atoms with Gasteiger partial charge in [-0.25, -0.2) is 9.37 Å². The van der Waals surface area contributed by atoms with Crippen LogP contribution in [0.3, 0.4) is 0 Å². The summed E-state index contributed by atoms with van der Waals surface area (Å²) in [6, 6.07) is 10.7. The van der Waals surface area contributed by atoms with E-state index >= 15 is 0 Å². The third-order valence-corrected chi connectivity index (χ3v) is 7.30. The van der Waals surface area contributed by atoms with Crippen LogP contribution in [-0.2, 0) is 11.0 Å². The number of benzene rings is 2. The smallest absolute Gasteiger partial charge is 0.380 e. The van der Waals surface area contributed by atoms with Gasteiger partial charge in [-0.15, -0.1) is 10.2 Å². The summed E-state index contributed by atoms with van der Waals surface area (Å²) < 4.78 is 53.9. The highest BCUT2D eigenvalue weighted by atomic mass is 35.5. The van der Waals surface area contributed by atoms with Crippen molar-refractivity contribution in [1.82, 2.24) is 20.1 Å². The molecular weight excluding hydrogens is 544 g/mol. The topological polar surface area (TPSA) is 83.0 Å². The van der Waals surface area contributed by atoms with E-state index in [0.29, 0.717) is 45.6 Å². The van der Waals surface area contributed by atoms with Gasteiger partial charge in [0.25, 0.3) is 0 Å². The lowest BCUT2D eigenvalue weighted by Crippen LogP contribution is -2.52. The molecule has 13 heteroatoms. The van der Waals surface area contributed by atoms with Gasteiger partial charge < -0.3 is 15.5 Å². The van der Waals surface area contributed by atoms with Gasteiger partial charge in [0.15, 0.2) is 0 Å². The molecule has 198 valence electrons. The molecule has 0 aliphatic carbocycles. The van der Waals surface area contributed by atoms with Crippen LogP contribution in [0.15, 0.2) is 48.5 Å². The van der Waals surface area contributed by atoms with Crippen LogP contribution in [-0.4, -0.2) is 51.2 Å². The van der Waals surface area contributed by atoms with Crippen LogP contribution < -0.4 is 10.6 Å². The van der Waals surface area contributed by atoms with E-state index in [1.807, 2.05) is 0 Å². The first-order chi connectivity index (χ1) is 18.0. The number of hydrogen-bond donors (Lipinski definition) is 2. The summed E-state index contributed by atoms with van der Waals surface area (Å²) in [6.07, 6.45) is -4.15. The average Bonchev–Trinajstić information content (AvgIpc) is 3.32. The number of nitrogens with one attached hydrogen (secondary N) is 2. The van der Waals surface area contributed by atoms with Crippen LogP contribution >= 0.6 is 22.9 Å². The summed E-state index contributed by atoms with van der Waals surface area (Å²) in [5.74, 6) is -0.514. The van der Waals surface area contributed by atoms with Crippen LogP contribution in [0.25, 0.3) is 21.5 Å². The molecule has 5 rings (SSSR count). The molecule has 0 radical (unpaired) electrons. The number of aromatic nitrogens is 3. The summed E-state index contributed by atoms with van der Waals surface area (Å²) in [5.41, 5.74) is 0.0800. The van der Waals surface area contributed by atoms with Gasteiger partial charge in [-0.3, -0.25) is 4.79 Å². The van der Waals surface area contributed by atoms with Gasteiger partial charge in [0.1, 0.15) is 16.5 Å². The van der Waals surface area contributed by atoms with Crippen LogP contribution in [0.5, 0.6) is 0 Å². The normalized spacial score (nSPS) is 18.0. The summed E-state index contributed by atoms with van der Waals surface area (Å²) in [6.45, 7) is 2.13. The zero-order valence-electron chi connectivity index (χ0n) is 19.9. The fourth-order valence-electron chi connectivity index (χ4n) is 4.41. The lowest BCUT2D eigenvalue weighted by molar-refractivity contribution is -0.140. The number of nitrogens with zero attached hydrogens (tertiary/aromatic N) is 4. The van der Waals surface area contributed by atoms with Gasteiger partial charge >= 0.3 is 6.18 Å². The largest absolute Gasteiger partial charge is 0.433 e. The van der Waals surface area contributed by atoms with Gasteiger partial charge in [-0.2, -0.15) is 13.2 Å². The lowest BCUT2D eigenvalue weighted by atomic mass is 10.00. The minimum Gasteiger partial charge on any atom is -0.380 e. The fourth-order valence-corrected chi connectivity index (χ4v) is 5.41. The molecule has 7 nitrogen and oxygen atoms in total. The summed E-state index contributed by atoms with van der Waals surface area (Å²) >= 11 is 7.41. The Morgan fingerprint density at radius 2 is 1.76 bits per heavy atom. The molecular formula is C25H21ClF4N6OS. The van der Waals surface area contributed by atoms with E-state index in [9.17, 15) is 22.4 Å². The number of fused-ring (bicyclic) bond motifs is 1. The van der Waals surface area contributed by atoms with Crippen LogP contribution in [0.1, 0.15) is 19.0 Å². The predicted octanol–water partition coefficient (Wildman–Crippen LogP) is 6.08. The van der Waals surface area contributed by atoms with Gasteiger partial charge in [0.2, 0.25) is 11.0 Å². The number of carbonyl (C=O) groups excluding carboxylic acids is 1. The number of anilines is 2. The molecule has 1 fully saturated rings. The van der Waals surface area contributed by atoms with Gasteiger partial charge in [-0.05, 0) is 55.0 Å². The molecule has 2 aromatic carbocycles. The van der Waals surface area contributed by atoms with E-state index < -0.39 is 11.9 Å². The van der Waals surface area contributed by atoms with Crippen LogP contribution in [0, 0.1) is 5.82 Å². The Bertz CT molecular complexity index is 1480. The first-order valence-corrected chi connectivity index (χ1v) is 12.8. The number of rotatable bonds is 5. The third kappa shape index (κ3) is 5.81. The summed E-state index contributed by atoms with van der Waals surface area (Å²) in [5, 5.41) is 16.7. The molecule has 0 spiro atoms. The Kier molecular flexibility index (Phi) is 7.10. The van der Waals surface area contributed by atoms with E-state index in [1.165, 1.54) is 42.5 Å². The second kappa shape index (κ2) is 10.3. The highest BCUT2D eigenvalue weighted by molar-refractivity contribution is 7.18. The van der Waals surface area contributed by atoms with E-state index in [0.717, 1.165) is 6.07 Å². The van der Waals surface area contributed by atoms with Crippen molar-refractivity contribution >= 4 is 50.6 Å². The van der Waals surface area contributed by atoms with Gasteiger partial charge in [0.05, 0.1) is 5.52 Å². The average molecular weight is 565 g/mol. The first-order valence-electron chi connectivity index (χ1n) is 11.6. The number of hydrogen-bond acceptors (Lipinski definition) is 7. The molecule has 38 heavy (non-hydrogen) atoms. The Balaban J connectivity index is 1.39. The molecule has 4 aromatic rings. The Hall–Kier alpha value is -3.51. The van der Waals surface area contributed by atoms with E-state index in [4.69, 9.17) is 11.6 Å². The molecule has 2 atom stereocenters. The Labute approximate surface area is 223 Å². The number of likely N-dealkylation sites (tertiary alicyclic amines) is 1. The van der Waals surface area contributed by atoms with E-state index in [1.54, 1.807) is 23.1 Å². The molecule has 0 bridgehead atoms. The molecule has 1 aliphatic rings. The SMILES string of the molecule is CC(=O)N1C[C@@H](Nc2nnc(-c3ccc(F)cc3)s2)C[C@@H](Nc2cc(C(F)(F)F)nc3ccc(Cl)cc23)C1. The monoisotopic (exact) mass is 564 g/mol. The molecule has 1 amide bonds. The highest BCUT2D eigenvalue weighted by Gasteiger charge is 2.34. The predicted molar refractivity (Wildman–Crippen MR) is 139 cm³/mol. The number of carbonyl (C=O) groups is 1. The van der Waals surface area contributed by atoms with Gasteiger partial charge in [-0.1, -0.05) is 22.9 Å². The molecule has 0 unspecified atom stereocenters. The summed E-state index contributed by atoms with van der Waals surface area (Å²) in [7, 11) is 0. The number of amides is 1. The molecule has 1 aliphatic heterocycles. The zero-order chi connectivity index (χ0) is 27.0. The van der Waals surface area contributed by atoms with Crippen molar-refractivity contribution in [2.75, 3.05) is 23.7 Å². The maximum Gasteiger partial charge on any atom is 0.433 e. The molecule has 2 aromatic heterocycles. The third-order valence-electron chi connectivity index (χ3n) is 6.16. The second-order valence-corrected chi connectivity index (χ2v) is 10.4. The van der Waals surface area contributed by atoms with Crippen molar-refractivity contribution in [2.45, 2.75) is 31.6 Å². The lowest BCUT2D eigenvalue weighted by Gasteiger charge is -2.38. The minimum atomic E-state index is -4.63. The number of alkyl halides is 3. The second-order valence-electron chi connectivity index (χ2n) is 8.98.